The number of halogens is 1. The number of aliphatic hydroxyl groups excluding tert-OH is 1. The van der Waals surface area contributed by atoms with Gasteiger partial charge in [-0.2, -0.15) is 4.72 Å². The van der Waals surface area contributed by atoms with Crippen LogP contribution in [0.3, 0.4) is 0 Å². The lowest BCUT2D eigenvalue weighted by Gasteiger charge is -2.15. The number of rotatable bonds is 5. The second-order valence-electron chi connectivity index (χ2n) is 3.81. The molecule has 0 spiro atoms. The summed E-state index contributed by atoms with van der Waals surface area (Å²) in [6.45, 7) is 1.05. The Morgan fingerprint density at radius 2 is 2.16 bits per heavy atom. The molecule has 0 heterocycles. The molecule has 0 bridgehead atoms. The van der Waals surface area contributed by atoms with Crippen molar-refractivity contribution in [2.45, 2.75) is 17.9 Å². The quantitative estimate of drug-likeness (QED) is 0.771. The van der Waals surface area contributed by atoms with Gasteiger partial charge in [-0.1, -0.05) is 17.7 Å². The predicted molar refractivity (Wildman–Crippen MR) is 69.4 cm³/mol. The lowest BCUT2D eigenvalue weighted by atomic mass is 10.2. The Kier molecular flexibility index (Phi) is 5.30. The van der Waals surface area contributed by atoms with Gasteiger partial charge in [0.2, 0.25) is 10.0 Å². The summed E-state index contributed by atoms with van der Waals surface area (Å²) in [6, 6.07) is 3.02. The lowest BCUT2D eigenvalue weighted by molar-refractivity contribution is -0.143. The summed E-state index contributed by atoms with van der Waals surface area (Å²) in [7, 11) is -2.92. The maximum Gasteiger partial charge on any atom is 0.326 e. The number of benzene rings is 1. The van der Waals surface area contributed by atoms with Gasteiger partial charge in [-0.05, 0) is 24.6 Å². The first kappa shape index (κ1) is 15.9. The number of methoxy groups -OCH3 is 1. The van der Waals surface area contributed by atoms with Gasteiger partial charge in [-0.3, -0.25) is 4.79 Å². The summed E-state index contributed by atoms with van der Waals surface area (Å²) in [5.74, 6) is -0.880. The summed E-state index contributed by atoms with van der Waals surface area (Å²) in [6.07, 6.45) is 0. The SMILES string of the molecule is COC(=O)[C@H](CO)NS(=O)(=O)c1ccc(C)cc1Cl. The second kappa shape index (κ2) is 6.33. The van der Waals surface area contributed by atoms with Gasteiger partial charge in [0, 0.05) is 0 Å². The topological polar surface area (TPSA) is 92.7 Å². The number of hydrogen-bond acceptors (Lipinski definition) is 5. The Labute approximate surface area is 116 Å². The van der Waals surface area contributed by atoms with Crippen molar-refractivity contribution in [3.8, 4) is 0 Å². The number of carbonyl (C=O) groups is 1. The molecule has 106 valence electrons. The molecule has 0 saturated heterocycles. The normalized spacial score (nSPS) is 13.1. The van der Waals surface area contributed by atoms with E-state index in [1.54, 1.807) is 13.0 Å². The number of aliphatic hydroxyl groups is 1. The third kappa shape index (κ3) is 3.90. The number of ether oxygens (including phenoxy) is 1. The molecule has 0 aliphatic heterocycles. The average Bonchev–Trinajstić information content (AvgIpc) is 2.34. The fourth-order valence-electron chi connectivity index (χ4n) is 1.38. The Balaban J connectivity index is 3.07. The molecule has 19 heavy (non-hydrogen) atoms. The third-order valence-corrected chi connectivity index (χ3v) is 4.30. The van der Waals surface area contributed by atoms with E-state index < -0.39 is 28.6 Å². The van der Waals surface area contributed by atoms with Gasteiger partial charge in [0.1, 0.15) is 10.9 Å². The molecule has 1 atom stereocenters. The fourth-order valence-corrected chi connectivity index (χ4v) is 3.15. The third-order valence-electron chi connectivity index (χ3n) is 2.34. The molecule has 0 aliphatic rings. The number of carbonyl (C=O) groups excluding carboxylic acids is 1. The van der Waals surface area contributed by atoms with E-state index in [2.05, 4.69) is 4.74 Å². The molecule has 1 aromatic rings. The van der Waals surface area contributed by atoms with Gasteiger partial charge in [0.05, 0.1) is 18.7 Å². The number of esters is 1. The molecule has 1 rings (SSSR count). The molecule has 8 heteroatoms. The Hall–Kier alpha value is -1.15. The van der Waals surface area contributed by atoms with Crippen LogP contribution < -0.4 is 4.72 Å². The van der Waals surface area contributed by atoms with Crippen molar-refractivity contribution >= 4 is 27.6 Å². The van der Waals surface area contributed by atoms with Gasteiger partial charge in [0.25, 0.3) is 0 Å². The van der Waals surface area contributed by atoms with E-state index in [1.165, 1.54) is 12.1 Å². The van der Waals surface area contributed by atoms with Crippen LogP contribution in [-0.2, 0) is 19.6 Å². The van der Waals surface area contributed by atoms with Crippen LogP contribution in [0.25, 0.3) is 0 Å². The first-order chi connectivity index (χ1) is 8.81. The minimum absolute atomic E-state index is 0.0362. The summed E-state index contributed by atoms with van der Waals surface area (Å²) in [5.41, 5.74) is 0.802. The molecule has 0 aliphatic carbocycles. The van der Waals surface area contributed by atoms with Crippen LogP contribution in [-0.4, -0.2) is 39.3 Å². The van der Waals surface area contributed by atoms with Crippen LogP contribution in [0.1, 0.15) is 5.56 Å². The Morgan fingerprint density at radius 1 is 1.53 bits per heavy atom. The number of sulfonamides is 1. The van der Waals surface area contributed by atoms with Gasteiger partial charge in [-0.15, -0.1) is 0 Å². The molecule has 0 unspecified atom stereocenters. The van der Waals surface area contributed by atoms with E-state index in [0.717, 1.165) is 12.7 Å². The lowest BCUT2D eigenvalue weighted by Crippen LogP contribution is -2.44. The summed E-state index contributed by atoms with van der Waals surface area (Å²) < 4.78 is 30.5. The molecule has 0 amide bonds. The highest BCUT2D eigenvalue weighted by Gasteiger charge is 2.27. The van der Waals surface area contributed by atoms with Crippen molar-refractivity contribution < 1.29 is 23.1 Å². The molecule has 1 aromatic carbocycles. The largest absolute Gasteiger partial charge is 0.468 e. The first-order valence-electron chi connectivity index (χ1n) is 5.29. The van der Waals surface area contributed by atoms with Crippen molar-refractivity contribution in [3.63, 3.8) is 0 Å². The van der Waals surface area contributed by atoms with E-state index >= 15 is 0 Å². The molecule has 6 nitrogen and oxygen atoms in total. The summed E-state index contributed by atoms with van der Waals surface area (Å²) >= 11 is 5.86. The van der Waals surface area contributed by atoms with E-state index in [9.17, 15) is 13.2 Å². The monoisotopic (exact) mass is 307 g/mol. The zero-order chi connectivity index (χ0) is 14.6. The van der Waals surface area contributed by atoms with Crippen LogP contribution >= 0.6 is 11.6 Å². The minimum Gasteiger partial charge on any atom is -0.468 e. The van der Waals surface area contributed by atoms with Crippen LogP contribution in [0.4, 0.5) is 0 Å². The van der Waals surface area contributed by atoms with Crippen molar-refractivity contribution in [2.24, 2.45) is 0 Å². The maximum absolute atomic E-state index is 12.0. The molecular formula is C11H14ClNO5S. The zero-order valence-electron chi connectivity index (χ0n) is 10.4. The average molecular weight is 308 g/mol. The van der Waals surface area contributed by atoms with E-state index in [1.807, 2.05) is 4.72 Å². The Morgan fingerprint density at radius 3 is 2.63 bits per heavy atom. The highest BCUT2D eigenvalue weighted by molar-refractivity contribution is 7.89. The van der Waals surface area contributed by atoms with Gasteiger partial charge in [-0.25, -0.2) is 8.42 Å². The number of hydrogen-bond donors (Lipinski definition) is 2. The van der Waals surface area contributed by atoms with Crippen LogP contribution in [0.5, 0.6) is 0 Å². The molecule has 2 N–H and O–H groups in total. The summed E-state index contributed by atoms with van der Waals surface area (Å²) in [5, 5.41) is 9.03. The van der Waals surface area contributed by atoms with E-state index in [0.29, 0.717) is 0 Å². The van der Waals surface area contributed by atoms with Crippen molar-refractivity contribution in [1.29, 1.82) is 0 Å². The first-order valence-corrected chi connectivity index (χ1v) is 7.15. The molecule has 0 saturated carbocycles. The maximum atomic E-state index is 12.0. The van der Waals surface area contributed by atoms with E-state index in [-0.39, 0.29) is 9.92 Å². The smallest absolute Gasteiger partial charge is 0.326 e. The van der Waals surface area contributed by atoms with Crippen LogP contribution in [0, 0.1) is 6.92 Å². The van der Waals surface area contributed by atoms with Gasteiger partial charge >= 0.3 is 5.97 Å². The van der Waals surface area contributed by atoms with Gasteiger partial charge < -0.3 is 9.84 Å². The van der Waals surface area contributed by atoms with Crippen LogP contribution in [0.2, 0.25) is 5.02 Å². The molecule has 0 fully saturated rings. The van der Waals surface area contributed by atoms with Crippen molar-refractivity contribution in [1.82, 2.24) is 4.72 Å². The molecule has 0 radical (unpaired) electrons. The van der Waals surface area contributed by atoms with Crippen LogP contribution in [0.15, 0.2) is 23.1 Å². The number of aryl methyl sites for hydroxylation is 1. The van der Waals surface area contributed by atoms with Gasteiger partial charge in [0.15, 0.2) is 0 Å². The standard InChI is InChI=1S/C11H14ClNO5S/c1-7-3-4-10(8(12)5-7)19(16,17)13-9(6-14)11(15)18-2/h3-5,9,13-14H,6H2,1-2H3/t9-/m0/s1. The molecular weight excluding hydrogens is 294 g/mol. The van der Waals surface area contributed by atoms with Crippen molar-refractivity contribution in [3.05, 3.63) is 28.8 Å². The number of nitrogens with one attached hydrogen (secondary N) is 1. The predicted octanol–water partition coefficient (Wildman–Crippen LogP) is 0.461. The van der Waals surface area contributed by atoms with E-state index in [4.69, 9.17) is 16.7 Å². The second-order valence-corrected chi connectivity index (χ2v) is 5.90. The minimum atomic E-state index is -4.02. The molecule has 0 aromatic heterocycles. The zero-order valence-corrected chi connectivity index (χ0v) is 12.0. The highest BCUT2D eigenvalue weighted by Crippen LogP contribution is 2.22. The fraction of sp³-hybridized carbons (Fsp3) is 0.364. The summed E-state index contributed by atoms with van der Waals surface area (Å²) in [4.78, 5) is 11.1. The van der Waals surface area contributed by atoms with Crippen molar-refractivity contribution in [2.75, 3.05) is 13.7 Å². The highest BCUT2D eigenvalue weighted by atomic mass is 35.5. The Bertz CT molecular complexity index is 572.